The van der Waals surface area contributed by atoms with Crippen LogP contribution in [0.25, 0.3) is 0 Å². The molecule has 1 aliphatic carbocycles. The summed E-state index contributed by atoms with van der Waals surface area (Å²) < 4.78 is 52.4. The molecule has 1 aliphatic rings. The number of alkyl halides is 3. The van der Waals surface area contributed by atoms with Gasteiger partial charge in [0.25, 0.3) is 0 Å². The first-order chi connectivity index (χ1) is 12.6. The third-order valence-electron chi connectivity index (χ3n) is 4.41. The Morgan fingerprint density at radius 1 is 1.29 bits per heavy atom. The molecule has 1 aromatic heterocycles. The zero-order valence-corrected chi connectivity index (χ0v) is 14.5. The minimum absolute atomic E-state index is 0. The van der Waals surface area contributed by atoms with Gasteiger partial charge in [0.2, 0.25) is 5.91 Å². The van der Waals surface area contributed by atoms with E-state index in [9.17, 15) is 22.4 Å². The van der Waals surface area contributed by atoms with Crippen LogP contribution >= 0.6 is 0 Å². The van der Waals surface area contributed by atoms with Gasteiger partial charge in [-0.05, 0) is 49.6 Å². The predicted molar refractivity (Wildman–Crippen MR) is 98.4 cm³/mol. The van der Waals surface area contributed by atoms with E-state index in [4.69, 9.17) is 5.73 Å². The van der Waals surface area contributed by atoms with Gasteiger partial charge in [-0.25, -0.2) is 4.39 Å². The van der Waals surface area contributed by atoms with Crippen LogP contribution in [0, 0.1) is 12.7 Å². The van der Waals surface area contributed by atoms with Crippen LogP contribution in [-0.2, 0) is 17.5 Å². The summed E-state index contributed by atoms with van der Waals surface area (Å²) in [6, 6.07) is 4.01. The first-order valence-electron chi connectivity index (χ1n) is 8.25. The molecule has 0 radical (unpaired) electrons. The van der Waals surface area contributed by atoms with Gasteiger partial charge in [-0.2, -0.15) is 13.2 Å². The summed E-state index contributed by atoms with van der Waals surface area (Å²) in [5.74, 6) is -1.21. The van der Waals surface area contributed by atoms with Crippen LogP contribution < -0.4 is 16.4 Å². The van der Waals surface area contributed by atoms with Gasteiger partial charge in [0.15, 0.2) is 0 Å². The lowest BCUT2D eigenvalue weighted by atomic mass is 10.1. The molecular weight excluding hydrogens is 376 g/mol. The average Bonchev–Trinajstić information content (AvgIpc) is 3.33. The third-order valence-corrected chi connectivity index (χ3v) is 4.41. The summed E-state index contributed by atoms with van der Waals surface area (Å²) in [6.07, 6.45) is -2.05. The number of aryl methyl sites for hydroxylation is 1. The van der Waals surface area contributed by atoms with Crippen molar-refractivity contribution in [2.45, 2.75) is 45.5 Å². The molecule has 28 heavy (non-hydrogen) atoms. The zero-order chi connectivity index (χ0) is 19.8. The second-order valence-electron chi connectivity index (χ2n) is 6.64. The second-order valence-corrected chi connectivity index (χ2v) is 6.64. The standard InChI is InChI=1S/C18H18F4N4O.CH4/c1-10-6-12(8-24-15(10)9-25-16(27)17(23)4-5-17)26-14-3-2-11(19)7-13(14)18(20,21)22;/h2-3,6-8,26H,4-5,9,23H2,1H3,(H,25,27);1H4. The molecule has 0 unspecified atom stereocenters. The van der Waals surface area contributed by atoms with E-state index in [1.165, 1.54) is 6.20 Å². The van der Waals surface area contributed by atoms with Gasteiger partial charge in [-0.15, -0.1) is 0 Å². The van der Waals surface area contributed by atoms with Gasteiger partial charge < -0.3 is 16.4 Å². The zero-order valence-electron chi connectivity index (χ0n) is 14.5. The third kappa shape index (κ3) is 4.78. The van der Waals surface area contributed by atoms with E-state index < -0.39 is 23.1 Å². The molecule has 3 rings (SSSR count). The second kappa shape index (κ2) is 7.75. The highest BCUT2D eigenvalue weighted by Crippen LogP contribution is 2.36. The molecule has 9 heteroatoms. The minimum atomic E-state index is -4.70. The van der Waals surface area contributed by atoms with Crippen LogP contribution in [-0.4, -0.2) is 16.4 Å². The summed E-state index contributed by atoms with van der Waals surface area (Å²) in [4.78, 5) is 16.1. The topological polar surface area (TPSA) is 80.0 Å². The Kier molecular flexibility index (Phi) is 5.98. The first-order valence-corrected chi connectivity index (χ1v) is 8.25. The molecule has 0 saturated heterocycles. The predicted octanol–water partition coefficient (Wildman–Crippen LogP) is 4.04. The highest BCUT2D eigenvalue weighted by Gasteiger charge is 2.45. The summed E-state index contributed by atoms with van der Waals surface area (Å²) in [7, 11) is 0. The Bertz CT molecular complexity index is 879. The molecule has 152 valence electrons. The minimum Gasteiger partial charge on any atom is -0.354 e. The Balaban J connectivity index is 0.00000280. The normalized spacial score (nSPS) is 14.8. The van der Waals surface area contributed by atoms with Crippen molar-refractivity contribution in [2.24, 2.45) is 5.73 Å². The number of benzene rings is 1. The van der Waals surface area contributed by atoms with Crippen molar-refractivity contribution in [3.63, 3.8) is 0 Å². The van der Waals surface area contributed by atoms with Crippen molar-refractivity contribution in [3.8, 4) is 0 Å². The van der Waals surface area contributed by atoms with E-state index in [-0.39, 0.29) is 25.6 Å². The Morgan fingerprint density at radius 3 is 2.54 bits per heavy atom. The number of rotatable bonds is 5. The molecule has 1 saturated carbocycles. The number of carbonyl (C=O) groups is 1. The number of nitrogens with one attached hydrogen (secondary N) is 2. The number of halogens is 4. The largest absolute Gasteiger partial charge is 0.418 e. The van der Waals surface area contributed by atoms with Gasteiger partial charge >= 0.3 is 6.18 Å². The Hall–Kier alpha value is -2.68. The molecule has 0 atom stereocenters. The molecule has 1 fully saturated rings. The maximum Gasteiger partial charge on any atom is 0.418 e. The van der Waals surface area contributed by atoms with Gasteiger partial charge in [-0.3, -0.25) is 9.78 Å². The number of aromatic nitrogens is 1. The van der Waals surface area contributed by atoms with Crippen molar-refractivity contribution >= 4 is 17.3 Å². The van der Waals surface area contributed by atoms with E-state index in [2.05, 4.69) is 15.6 Å². The summed E-state index contributed by atoms with van der Waals surface area (Å²) in [6.45, 7) is 1.90. The molecule has 0 bridgehead atoms. The highest BCUT2D eigenvalue weighted by molar-refractivity contribution is 5.88. The van der Waals surface area contributed by atoms with Crippen LogP contribution in [0.2, 0.25) is 0 Å². The molecule has 1 aromatic carbocycles. The van der Waals surface area contributed by atoms with E-state index in [0.717, 1.165) is 12.1 Å². The molecule has 0 spiro atoms. The Morgan fingerprint density at radius 2 is 1.96 bits per heavy atom. The fourth-order valence-corrected chi connectivity index (χ4v) is 2.57. The molecule has 2 aromatic rings. The first kappa shape index (κ1) is 21.6. The number of nitrogens with zero attached hydrogens (tertiary/aromatic N) is 1. The summed E-state index contributed by atoms with van der Waals surface area (Å²) in [5, 5.41) is 5.33. The van der Waals surface area contributed by atoms with Crippen molar-refractivity contribution in [2.75, 3.05) is 5.32 Å². The molecule has 4 N–H and O–H groups in total. The molecule has 5 nitrogen and oxygen atoms in total. The quantitative estimate of drug-likeness (QED) is 0.665. The Labute approximate surface area is 160 Å². The number of pyridine rings is 1. The lowest BCUT2D eigenvalue weighted by Crippen LogP contribution is -2.42. The van der Waals surface area contributed by atoms with E-state index in [1.54, 1.807) is 13.0 Å². The van der Waals surface area contributed by atoms with Crippen LogP contribution in [0.4, 0.5) is 28.9 Å². The molecule has 1 amide bonds. The lowest BCUT2D eigenvalue weighted by molar-refractivity contribution is -0.137. The van der Waals surface area contributed by atoms with Gasteiger partial charge in [0.05, 0.1) is 40.9 Å². The van der Waals surface area contributed by atoms with Crippen molar-refractivity contribution in [3.05, 3.63) is 53.1 Å². The number of nitrogens with two attached hydrogens (primary N) is 1. The van der Waals surface area contributed by atoms with Crippen LogP contribution in [0.1, 0.15) is 37.1 Å². The number of hydrogen-bond acceptors (Lipinski definition) is 4. The van der Waals surface area contributed by atoms with Crippen molar-refractivity contribution in [1.82, 2.24) is 10.3 Å². The lowest BCUT2D eigenvalue weighted by Gasteiger charge is -2.16. The maximum atomic E-state index is 13.2. The van der Waals surface area contributed by atoms with Crippen molar-refractivity contribution < 1.29 is 22.4 Å². The van der Waals surface area contributed by atoms with E-state index in [1.807, 2.05) is 0 Å². The summed E-state index contributed by atoms with van der Waals surface area (Å²) in [5.41, 5.74) is 5.21. The average molecular weight is 398 g/mol. The van der Waals surface area contributed by atoms with Gasteiger partial charge in [0, 0.05) is 0 Å². The molecular formula is C19H22F4N4O. The van der Waals surface area contributed by atoms with E-state index >= 15 is 0 Å². The van der Waals surface area contributed by atoms with E-state index in [0.29, 0.717) is 35.9 Å². The number of carbonyl (C=O) groups excluding carboxylic acids is 1. The smallest absolute Gasteiger partial charge is 0.354 e. The van der Waals surface area contributed by atoms with Crippen LogP contribution in [0.15, 0.2) is 30.5 Å². The fraction of sp³-hybridized carbons (Fsp3) is 0.368. The molecule has 0 aliphatic heterocycles. The van der Waals surface area contributed by atoms with Crippen molar-refractivity contribution in [1.29, 1.82) is 0 Å². The SMILES string of the molecule is C.Cc1cc(Nc2ccc(F)cc2C(F)(F)F)cnc1CNC(=O)C1(N)CC1. The molecule has 1 heterocycles. The summed E-state index contributed by atoms with van der Waals surface area (Å²) >= 11 is 0. The van der Waals surface area contributed by atoms with Gasteiger partial charge in [-0.1, -0.05) is 7.43 Å². The fourth-order valence-electron chi connectivity index (χ4n) is 2.57. The maximum absolute atomic E-state index is 13.2. The van der Waals surface area contributed by atoms with Crippen LogP contribution in [0.5, 0.6) is 0 Å². The number of amides is 1. The highest BCUT2D eigenvalue weighted by atomic mass is 19.4. The number of hydrogen-bond donors (Lipinski definition) is 3. The van der Waals surface area contributed by atoms with Crippen LogP contribution in [0.3, 0.4) is 0 Å². The number of anilines is 2. The van der Waals surface area contributed by atoms with Gasteiger partial charge in [0.1, 0.15) is 5.82 Å². The monoisotopic (exact) mass is 398 g/mol.